The van der Waals surface area contributed by atoms with Crippen LogP contribution in [-0.4, -0.2) is 10.2 Å². The summed E-state index contributed by atoms with van der Waals surface area (Å²) in [6.07, 6.45) is 4.76. The minimum Gasteiger partial charge on any atom is -0.382 e. The smallest absolute Gasteiger partial charge is 0.153 e. The number of rotatable bonds is 6. The van der Waals surface area contributed by atoms with E-state index in [1.807, 2.05) is 0 Å². The first-order chi connectivity index (χ1) is 9.67. The molecular formula is C17H25N3. The summed E-state index contributed by atoms with van der Waals surface area (Å²) in [4.78, 5) is 0. The third-order valence-electron chi connectivity index (χ3n) is 3.97. The van der Waals surface area contributed by atoms with Gasteiger partial charge in [-0.1, -0.05) is 56.5 Å². The highest BCUT2D eigenvalue weighted by Gasteiger charge is 2.19. The molecule has 0 bridgehead atoms. The molecular weight excluding hydrogens is 246 g/mol. The fraction of sp³-hybridized carbons (Fsp3) is 0.471. The van der Waals surface area contributed by atoms with Gasteiger partial charge in [0, 0.05) is 17.2 Å². The predicted molar refractivity (Wildman–Crippen MR) is 85.7 cm³/mol. The number of nitrogens with two attached hydrogens (primary N) is 1. The van der Waals surface area contributed by atoms with Gasteiger partial charge in [-0.15, -0.1) is 0 Å². The molecule has 3 N–H and O–H groups in total. The average Bonchev–Trinajstić information content (AvgIpc) is 2.83. The van der Waals surface area contributed by atoms with E-state index in [4.69, 9.17) is 5.73 Å². The molecule has 0 aliphatic heterocycles. The van der Waals surface area contributed by atoms with E-state index in [2.05, 4.69) is 55.2 Å². The molecule has 0 saturated carbocycles. The van der Waals surface area contributed by atoms with Gasteiger partial charge in [0.15, 0.2) is 5.82 Å². The van der Waals surface area contributed by atoms with Gasteiger partial charge in [0.2, 0.25) is 0 Å². The lowest BCUT2D eigenvalue weighted by molar-refractivity contribution is 0.557. The van der Waals surface area contributed by atoms with Gasteiger partial charge < -0.3 is 5.73 Å². The van der Waals surface area contributed by atoms with Crippen molar-refractivity contribution in [2.45, 2.75) is 52.4 Å². The van der Waals surface area contributed by atoms with Crippen LogP contribution < -0.4 is 5.73 Å². The summed E-state index contributed by atoms with van der Waals surface area (Å²) in [7, 11) is 0. The van der Waals surface area contributed by atoms with Crippen LogP contribution in [-0.2, 0) is 0 Å². The van der Waals surface area contributed by atoms with E-state index in [0.29, 0.717) is 11.7 Å². The molecule has 2 rings (SSSR count). The zero-order chi connectivity index (χ0) is 14.5. The van der Waals surface area contributed by atoms with E-state index >= 15 is 0 Å². The molecule has 20 heavy (non-hydrogen) atoms. The highest BCUT2D eigenvalue weighted by molar-refractivity contribution is 5.76. The molecule has 1 heterocycles. The van der Waals surface area contributed by atoms with Gasteiger partial charge in [-0.25, -0.2) is 0 Å². The molecule has 0 amide bonds. The highest BCUT2D eigenvalue weighted by Crippen LogP contribution is 2.36. The third kappa shape index (κ3) is 3.03. The first-order valence-corrected chi connectivity index (χ1v) is 7.58. The van der Waals surface area contributed by atoms with Crippen LogP contribution in [0, 0.1) is 6.92 Å². The van der Waals surface area contributed by atoms with E-state index in [9.17, 15) is 0 Å². The summed E-state index contributed by atoms with van der Waals surface area (Å²) < 4.78 is 0. The topological polar surface area (TPSA) is 54.7 Å². The number of nitrogens with one attached hydrogen (secondary N) is 1. The molecule has 2 aromatic rings. The molecule has 0 saturated heterocycles. The summed E-state index contributed by atoms with van der Waals surface area (Å²) in [5, 5.41) is 7.42. The fourth-order valence-electron chi connectivity index (χ4n) is 2.69. The summed E-state index contributed by atoms with van der Waals surface area (Å²) in [5.74, 6) is 1.12. The maximum atomic E-state index is 6.09. The van der Waals surface area contributed by atoms with Crippen LogP contribution in [0.2, 0.25) is 0 Å². The van der Waals surface area contributed by atoms with E-state index in [1.54, 1.807) is 0 Å². The molecule has 1 aromatic carbocycles. The lowest BCUT2D eigenvalue weighted by atomic mass is 9.90. The summed E-state index contributed by atoms with van der Waals surface area (Å²) >= 11 is 0. The van der Waals surface area contributed by atoms with Gasteiger partial charge >= 0.3 is 0 Å². The number of benzene rings is 1. The Kier molecular flexibility index (Phi) is 4.83. The quantitative estimate of drug-likeness (QED) is 0.803. The molecule has 108 valence electrons. The predicted octanol–water partition coefficient (Wildman–Crippen LogP) is 4.65. The number of nitrogen functional groups attached to an aromatic ring is 1. The van der Waals surface area contributed by atoms with Crippen molar-refractivity contribution in [3.05, 3.63) is 35.5 Å². The molecule has 0 fully saturated rings. The monoisotopic (exact) mass is 271 g/mol. The molecule has 3 heteroatoms. The number of aromatic amines is 1. The van der Waals surface area contributed by atoms with Crippen LogP contribution in [0.5, 0.6) is 0 Å². The maximum absolute atomic E-state index is 6.09. The second-order valence-electron chi connectivity index (χ2n) is 5.51. The van der Waals surface area contributed by atoms with Crippen molar-refractivity contribution in [1.29, 1.82) is 0 Å². The lowest BCUT2D eigenvalue weighted by Crippen LogP contribution is -2.00. The Hall–Kier alpha value is -1.77. The zero-order valence-corrected chi connectivity index (χ0v) is 12.7. The number of anilines is 1. The first-order valence-electron chi connectivity index (χ1n) is 7.58. The van der Waals surface area contributed by atoms with Crippen LogP contribution in [0.3, 0.4) is 0 Å². The summed E-state index contributed by atoms with van der Waals surface area (Å²) in [6, 6.07) is 8.51. The van der Waals surface area contributed by atoms with Gasteiger partial charge in [0.05, 0.1) is 0 Å². The average molecular weight is 271 g/mol. The van der Waals surface area contributed by atoms with Gasteiger partial charge in [-0.2, -0.15) is 5.10 Å². The Morgan fingerprint density at radius 1 is 1.20 bits per heavy atom. The van der Waals surface area contributed by atoms with Crippen LogP contribution >= 0.6 is 0 Å². The number of hydrogen-bond acceptors (Lipinski definition) is 2. The number of hydrogen-bond donors (Lipinski definition) is 2. The van der Waals surface area contributed by atoms with Crippen LogP contribution in [0.15, 0.2) is 24.3 Å². The van der Waals surface area contributed by atoms with Crippen molar-refractivity contribution in [3.8, 4) is 11.1 Å². The Morgan fingerprint density at radius 3 is 2.50 bits per heavy atom. The van der Waals surface area contributed by atoms with E-state index < -0.39 is 0 Å². The molecule has 1 unspecified atom stereocenters. The molecule has 1 aromatic heterocycles. The Balaban J connectivity index is 2.37. The number of nitrogens with zero attached hydrogens (tertiary/aromatic N) is 1. The third-order valence-corrected chi connectivity index (χ3v) is 3.97. The lowest BCUT2D eigenvalue weighted by Gasteiger charge is -2.15. The molecule has 0 aliphatic rings. The van der Waals surface area contributed by atoms with Gasteiger partial charge in [-0.3, -0.25) is 5.10 Å². The summed E-state index contributed by atoms with van der Waals surface area (Å²) in [5.41, 5.74) is 10.8. The first kappa shape index (κ1) is 14.6. The second-order valence-corrected chi connectivity index (χ2v) is 5.51. The van der Waals surface area contributed by atoms with Gasteiger partial charge in [-0.05, 0) is 25.3 Å². The number of aryl methyl sites for hydroxylation is 1. The maximum Gasteiger partial charge on any atom is 0.153 e. The number of unbranched alkanes of at least 4 members (excludes halogenated alkanes) is 1. The Morgan fingerprint density at radius 2 is 1.90 bits per heavy atom. The largest absolute Gasteiger partial charge is 0.382 e. The number of aromatic nitrogens is 2. The van der Waals surface area contributed by atoms with Crippen molar-refractivity contribution < 1.29 is 0 Å². The molecule has 0 aliphatic carbocycles. The van der Waals surface area contributed by atoms with Crippen LogP contribution in [0.1, 0.15) is 56.7 Å². The molecule has 1 atom stereocenters. The van der Waals surface area contributed by atoms with E-state index in [1.165, 1.54) is 30.5 Å². The molecule has 3 nitrogen and oxygen atoms in total. The summed E-state index contributed by atoms with van der Waals surface area (Å²) in [6.45, 7) is 6.56. The molecule has 0 spiro atoms. The van der Waals surface area contributed by atoms with Crippen molar-refractivity contribution in [2.75, 3.05) is 5.73 Å². The van der Waals surface area contributed by atoms with E-state index in [0.717, 1.165) is 17.5 Å². The minimum absolute atomic E-state index is 0.510. The highest BCUT2D eigenvalue weighted by atomic mass is 15.2. The van der Waals surface area contributed by atoms with Crippen LogP contribution in [0.25, 0.3) is 11.1 Å². The Bertz CT molecular complexity index is 540. The van der Waals surface area contributed by atoms with E-state index in [-0.39, 0.29) is 0 Å². The van der Waals surface area contributed by atoms with Crippen molar-refractivity contribution >= 4 is 5.82 Å². The van der Waals surface area contributed by atoms with Crippen LogP contribution in [0.4, 0.5) is 5.82 Å². The normalized spacial score (nSPS) is 12.6. The second kappa shape index (κ2) is 6.60. The Labute approximate surface area is 121 Å². The standard InChI is InChI=1S/C17H25N3/c1-4-6-7-13(5-2)16-15(17(18)20-19-16)14-10-8-12(3)9-11-14/h8-11,13H,4-7H2,1-3H3,(H3,18,19,20). The SMILES string of the molecule is CCCCC(CC)c1[nH]nc(N)c1-c1ccc(C)cc1. The van der Waals surface area contributed by atoms with Gasteiger partial charge in [0.25, 0.3) is 0 Å². The van der Waals surface area contributed by atoms with Gasteiger partial charge in [0.1, 0.15) is 0 Å². The zero-order valence-electron chi connectivity index (χ0n) is 12.7. The number of H-pyrrole nitrogens is 1. The fourth-order valence-corrected chi connectivity index (χ4v) is 2.69. The van der Waals surface area contributed by atoms with Crippen molar-refractivity contribution in [1.82, 2.24) is 10.2 Å². The van der Waals surface area contributed by atoms with Crippen molar-refractivity contribution in [3.63, 3.8) is 0 Å². The minimum atomic E-state index is 0.510. The van der Waals surface area contributed by atoms with Crippen molar-refractivity contribution in [2.24, 2.45) is 0 Å². The molecule has 0 radical (unpaired) electrons.